The number of anilines is 1. The number of aromatic amines is 1. The average Bonchev–Trinajstić information content (AvgIpc) is 2.72. The number of aromatic nitrogens is 2. The third-order valence-electron chi connectivity index (χ3n) is 4.36. The maximum absolute atomic E-state index is 12.5. The van der Waals surface area contributed by atoms with Crippen LogP contribution in [0.4, 0.5) is 5.69 Å². The first-order valence-electron chi connectivity index (χ1n) is 8.79. The van der Waals surface area contributed by atoms with Gasteiger partial charge in [-0.05, 0) is 36.4 Å². The molecule has 0 atom stereocenters. The zero-order chi connectivity index (χ0) is 21.0. The minimum Gasteiger partial charge on any atom is -0.497 e. The predicted octanol–water partition coefficient (Wildman–Crippen LogP) is 0.795. The third kappa shape index (κ3) is 4.52. The van der Waals surface area contributed by atoms with Crippen molar-refractivity contribution in [2.75, 3.05) is 26.0 Å². The Labute approximate surface area is 165 Å². The Morgan fingerprint density at radius 1 is 1.07 bits per heavy atom. The number of benzene rings is 2. The van der Waals surface area contributed by atoms with Gasteiger partial charge in [-0.25, -0.2) is 4.68 Å². The van der Waals surface area contributed by atoms with Gasteiger partial charge in [-0.2, -0.15) is 0 Å². The Morgan fingerprint density at radius 2 is 1.72 bits per heavy atom. The van der Waals surface area contributed by atoms with Crippen molar-refractivity contribution in [2.45, 2.75) is 6.54 Å². The van der Waals surface area contributed by atoms with Crippen molar-refractivity contribution in [3.05, 3.63) is 69.2 Å². The monoisotopic (exact) mass is 396 g/mol. The van der Waals surface area contributed by atoms with Crippen molar-refractivity contribution in [1.82, 2.24) is 14.7 Å². The van der Waals surface area contributed by atoms with Crippen LogP contribution in [-0.2, 0) is 16.1 Å². The van der Waals surface area contributed by atoms with Gasteiger partial charge in [0, 0.05) is 12.7 Å². The smallest absolute Gasteiger partial charge is 0.273 e. The molecule has 2 amide bonds. The molecule has 0 aliphatic carbocycles. The molecule has 1 heterocycles. The van der Waals surface area contributed by atoms with Gasteiger partial charge in [0.25, 0.3) is 11.1 Å². The number of methoxy groups -OCH3 is 1. The molecule has 2 aromatic carbocycles. The number of H-pyrrole nitrogens is 1. The van der Waals surface area contributed by atoms with E-state index in [1.54, 1.807) is 43.5 Å². The zero-order valence-electron chi connectivity index (χ0n) is 16.0. The van der Waals surface area contributed by atoms with Crippen molar-refractivity contribution in [2.24, 2.45) is 0 Å². The van der Waals surface area contributed by atoms with E-state index in [4.69, 9.17) is 4.74 Å². The van der Waals surface area contributed by atoms with Crippen molar-refractivity contribution >= 4 is 28.3 Å². The molecule has 29 heavy (non-hydrogen) atoms. The van der Waals surface area contributed by atoms with Crippen LogP contribution in [0.25, 0.3) is 10.8 Å². The summed E-state index contributed by atoms with van der Waals surface area (Å²) >= 11 is 0. The van der Waals surface area contributed by atoms with E-state index in [1.807, 2.05) is 0 Å². The van der Waals surface area contributed by atoms with E-state index in [9.17, 15) is 19.2 Å². The number of amides is 2. The lowest BCUT2D eigenvalue weighted by molar-refractivity contribution is -0.134. The summed E-state index contributed by atoms with van der Waals surface area (Å²) in [5.74, 6) is -0.238. The van der Waals surface area contributed by atoms with Crippen LogP contribution in [-0.4, -0.2) is 47.2 Å². The number of ether oxygens (including phenoxy) is 1. The molecular weight excluding hydrogens is 376 g/mol. The number of carbonyl (C=O) groups is 2. The number of hydrogen-bond donors (Lipinski definition) is 2. The van der Waals surface area contributed by atoms with Gasteiger partial charge in [0.15, 0.2) is 0 Å². The van der Waals surface area contributed by atoms with Crippen LogP contribution in [0.3, 0.4) is 0 Å². The highest BCUT2D eigenvalue weighted by Gasteiger charge is 2.16. The van der Waals surface area contributed by atoms with Gasteiger partial charge in [0.1, 0.15) is 12.3 Å². The van der Waals surface area contributed by atoms with Crippen LogP contribution in [0.1, 0.15) is 0 Å². The molecule has 0 unspecified atom stereocenters. The molecule has 9 heteroatoms. The van der Waals surface area contributed by atoms with Gasteiger partial charge >= 0.3 is 0 Å². The molecule has 0 saturated carbocycles. The molecule has 0 bridgehead atoms. The number of hydrogen-bond acceptors (Lipinski definition) is 5. The SMILES string of the molecule is COc1ccc(NC(=O)CN(C)C(=O)Cn2[nH]c(=O)c3ccccc3c2=O)cc1. The summed E-state index contributed by atoms with van der Waals surface area (Å²) in [7, 11) is 2.99. The van der Waals surface area contributed by atoms with Gasteiger partial charge in [-0.1, -0.05) is 12.1 Å². The number of nitrogens with zero attached hydrogens (tertiary/aromatic N) is 2. The predicted molar refractivity (Wildman–Crippen MR) is 108 cm³/mol. The minimum absolute atomic E-state index is 0.211. The number of carbonyl (C=O) groups excluding carboxylic acids is 2. The zero-order valence-corrected chi connectivity index (χ0v) is 16.0. The van der Waals surface area contributed by atoms with E-state index in [0.29, 0.717) is 11.4 Å². The fourth-order valence-electron chi connectivity index (χ4n) is 2.79. The first-order valence-corrected chi connectivity index (χ1v) is 8.79. The molecule has 0 aliphatic heterocycles. The van der Waals surface area contributed by atoms with Gasteiger partial charge in [0.05, 0.1) is 24.4 Å². The van der Waals surface area contributed by atoms with Crippen LogP contribution in [0, 0.1) is 0 Å². The molecule has 9 nitrogen and oxygen atoms in total. The van der Waals surface area contributed by atoms with Crippen LogP contribution in [0.5, 0.6) is 5.75 Å². The number of rotatable bonds is 6. The van der Waals surface area contributed by atoms with Crippen LogP contribution >= 0.6 is 0 Å². The molecule has 0 saturated heterocycles. The van der Waals surface area contributed by atoms with Crippen molar-refractivity contribution < 1.29 is 14.3 Å². The highest BCUT2D eigenvalue weighted by Crippen LogP contribution is 2.14. The summed E-state index contributed by atoms with van der Waals surface area (Å²) in [6.07, 6.45) is 0. The Kier molecular flexibility index (Phi) is 5.77. The van der Waals surface area contributed by atoms with Crippen LogP contribution in [0.15, 0.2) is 58.1 Å². The molecule has 0 radical (unpaired) electrons. The molecule has 2 N–H and O–H groups in total. The second kappa shape index (κ2) is 8.42. The first kappa shape index (κ1) is 19.9. The van der Waals surface area contributed by atoms with Crippen molar-refractivity contribution in [3.8, 4) is 5.75 Å². The number of nitrogens with one attached hydrogen (secondary N) is 2. The van der Waals surface area contributed by atoms with E-state index in [-0.39, 0.29) is 23.9 Å². The van der Waals surface area contributed by atoms with Crippen molar-refractivity contribution in [3.63, 3.8) is 0 Å². The average molecular weight is 396 g/mol. The molecule has 150 valence electrons. The topological polar surface area (TPSA) is 114 Å². The maximum Gasteiger partial charge on any atom is 0.273 e. The Hall–Kier alpha value is -3.88. The highest BCUT2D eigenvalue weighted by atomic mass is 16.5. The lowest BCUT2D eigenvalue weighted by Gasteiger charge is -2.17. The van der Waals surface area contributed by atoms with E-state index < -0.39 is 22.9 Å². The highest BCUT2D eigenvalue weighted by molar-refractivity contribution is 5.94. The summed E-state index contributed by atoms with van der Waals surface area (Å²) in [5.41, 5.74) is -0.385. The Balaban J connectivity index is 1.66. The van der Waals surface area contributed by atoms with Crippen LogP contribution in [0.2, 0.25) is 0 Å². The number of likely N-dealkylation sites (N-methyl/N-ethyl adjacent to an activating group) is 1. The maximum atomic E-state index is 12.5. The standard InChI is InChI=1S/C20H20N4O5/c1-23(11-17(25)21-13-7-9-14(29-2)10-8-13)18(26)12-24-20(28)16-6-4-3-5-15(16)19(27)22-24/h3-10H,11-12H2,1-2H3,(H,21,25)(H,22,27). The second-order valence-corrected chi connectivity index (χ2v) is 6.40. The van der Waals surface area contributed by atoms with E-state index in [1.165, 1.54) is 24.1 Å². The number of fused-ring (bicyclic) bond motifs is 1. The molecule has 3 aromatic rings. The van der Waals surface area contributed by atoms with Gasteiger partial charge in [-0.3, -0.25) is 24.3 Å². The van der Waals surface area contributed by atoms with E-state index in [2.05, 4.69) is 10.4 Å². The lowest BCUT2D eigenvalue weighted by atomic mass is 10.2. The summed E-state index contributed by atoms with van der Waals surface area (Å²) in [5, 5.41) is 5.55. The summed E-state index contributed by atoms with van der Waals surface area (Å²) in [6.45, 7) is -0.595. The second-order valence-electron chi connectivity index (χ2n) is 6.40. The summed E-state index contributed by atoms with van der Waals surface area (Å²) in [4.78, 5) is 50.4. The van der Waals surface area contributed by atoms with Crippen molar-refractivity contribution in [1.29, 1.82) is 0 Å². The van der Waals surface area contributed by atoms with Gasteiger partial charge in [-0.15, -0.1) is 0 Å². The largest absolute Gasteiger partial charge is 0.497 e. The minimum atomic E-state index is -0.497. The third-order valence-corrected chi connectivity index (χ3v) is 4.36. The van der Waals surface area contributed by atoms with E-state index in [0.717, 1.165) is 4.68 Å². The fraction of sp³-hybridized carbons (Fsp3) is 0.200. The fourth-order valence-corrected chi connectivity index (χ4v) is 2.79. The van der Waals surface area contributed by atoms with Gasteiger partial charge < -0.3 is 15.0 Å². The molecule has 0 fully saturated rings. The molecule has 3 rings (SSSR count). The Morgan fingerprint density at radius 3 is 2.38 bits per heavy atom. The molecular formula is C20H20N4O5. The Bertz CT molecular complexity index is 1160. The summed E-state index contributed by atoms with van der Waals surface area (Å²) in [6, 6.07) is 13.1. The molecule has 0 spiro atoms. The molecule has 1 aromatic heterocycles. The lowest BCUT2D eigenvalue weighted by Crippen LogP contribution is -2.40. The first-order chi connectivity index (χ1) is 13.9. The van der Waals surface area contributed by atoms with E-state index >= 15 is 0 Å². The quantitative estimate of drug-likeness (QED) is 0.640. The normalized spacial score (nSPS) is 10.6. The summed E-state index contributed by atoms with van der Waals surface area (Å²) < 4.78 is 6.00. The molecule has 0 aliphatic rings. The van der Waals surface area contributed by atoms with Gasteiger partial charge in [0.2, 0.25) is 11.8 Å². The van der Waals surface area contributed by atoms with Crippen LogP contribution < -0.4 is 21.2 Å².